The minimum Gasteiger partial charge on any atom is -0.332 e. The van der Waals surface area contributed by atoms with Crippen LogP contribution in [-0.4, -0.2) is 11.0 Å². The standard InChI is InChI=1S/C21H34N2OS/c1-4-5-6-7-8-9-10-11-12-13-20(24)23-21(25)22-19-15-14-17(2)18(3)16-19/h14-16H,4-13H2,1-3H3,(H2,22,23,24,25). The SMILES string of the molecule is CCCCCCCCCCCC(=O)NC(=S)Nc1ccc(C)c(C)c1. The van der Waals surface area contributed by atoms with E-state index >= 15 is 0 Å². The van der Waals surface area contributed by atoms with Gasteiger partial charge in [-0.05, 0) is 55.7 Å². The molecule has 3 nitrogen and oxygen atoms in total. The molecular formula is C21H34N2OS. The topological polar surface area (TPSA) is 41.1 Å². The second kappa shape index (κ2) is 12.9. The molecule has 0 saturated heterocycles. The van der Waals surface area contributed by atoms with Crippen molar-refractivity contribution >= 4 is 28.9 Å². The Morgan fingerprint density at radius 2 is 1.52 bits per heavy atom. The summed E-state index contributed by atoms with van der Waals surface area (Å²) in [4.78, 5) is 11.9. The molecule has 0 spiro atoms. The van der Waals surface area contributed by atoms with E-state index in [1.807, 2.05) is 18.2 Å². The summed E-state index contributed by atoms with van der Waals surface area (Å²) in [7, 11) is 0. The van der Waals surface area contributed by atoms with Crippen molar-refractivity contribution in [3.05, 3.63) is 29.3 Å². The highest BCUT2D eigenvalue weighted by molar-refractivity contribution is 7.80. The molecule has 1 aromatic carbocycles. The summed E-state index contributed by atoms with van der Waals surface area (Å²) in [5, 5.41) is 6.22. The Labute approximate surface area is 159 Å². The van der Waals surface area contributed by atoms with Crippen molar-refractivity contribution in [3.63, 3.8) is 0 Å². The molecule has 0 aromatic heterocycles. The van der Waals surface area contributed by atoms with Crippen LogP contribution >= 0.6 is 12.2 Å². The van der Waals surface area contributed by atoms with Gasteiger partial charge in [0.05, 0.1) is 0 Å². The van der Waals surface area contributed by atoms with Gasteiger partial charge in [0.1, 0.15) is 0 Å². The van der Waals surface area contributed by atoms with E-state index in [0.29, 0.717) is 11.5 Å². The maximum atomic E-state index is 11.9. The number of hydrogen-bond donors (Lipinski definition) is 2. The normalized spacial score (nSPS) is 10.5. The number of aryl methyl sites for hydroxylation is 2. The molecule has 0 fully saturated rings. The quantitative estimate of drug-likeness (QED) is 0.372. The third-order valence-electron chi connectivity index (χ3n) is 4.53. The number of carbonyl (C=O) groups excluding carboxylic acids is 1. The van der Waals surface area contributed by atoms with Gasteiger partial charge in [-0.25, -0.2) is 0 Å². The minimum atomic E-state index is 0.00396. The van der Waals surface area contributed by atoms with Crippen LogP contribution in [0, 0.1) is 13.8 Å². The van der Waals surface area contributed by atoms with Crippen molar-refractivity contribution in [1.29, 1.82) is 0 Å². The third-order valence-corrected chi connectivity index (χ3v) is 4.73. The van der Waals surface area contributed by atoms with E-state index in [2.05, 4.69) is 31.4 Å². The molecule has 0 aliphatic rings. The molecule has 0 atom stereocenters. The third kappa shape index (κ3) is 10.2. The first-order chi connectivity index (χ1) is 12.0. The van der Waals surface area contributed by atoms with Crippen LogP contribution in [0.3, 0.4) is 0 Å². The number of unbranched alkanes of at least 4 members (excludes halogenated alkanes) is 8. The van der Waals surface area contributed by atoms with Crippen molar-refractivity contribution in [2.24, 2.45) is 0 Å². The van der Waals surface area contributed by atoms with Gasteiger partial charge in [-0.3, -0.25) is 4.79 Å². The maximum absolute atomic E-state index is 11.9. The first-order valence-electron chi connectivity index (χ1n) is 9.71. The molecule has 0 bridgehead atoms. The van der Waals surface area contributed by atoms with Crippen molar-refractivity contribution in [2.45, 2.75) is 85.0 Å². The lowest BCUT2D eigenvalue weighted by Gasteiger charge is -2.11. The predicted octanol–water partition coefficient (Wildman–Crippen LogP) is 6.04. The number of thiocarbonyl (C=S) groups is 1. The van der Waals surface area contributed by atoms with Crippen LogP contribution in [0.1, 0.15) is 82.3 Å². The number of anilines is 1. The zero-order valence-corrected chi connectivity index (χ0v) is 16.9. The Morgan fingerprint density at radius 1 is 0.920 bits per heavy atom. The van der Waals surface area contributed by atoms with Crippen LogP contribution < -0.4 is 10.6 Å². The van der Waals surface area contributed by atoms with Gasteiger partial charge in [-0.15, -0.1) is 0 Å². The fourth-order valence-electron chi connectivity index (χ4n) is 2.77. The molecule has 25 heavy (non-hydrogen) atoms. The van der Waals surface area contributed by atoms with Crippen LogP contribution in [0.4, 0.5) is 5.69 Å². The van der Waals surface area contributed by atoms with Gasteiger partial charge in [-0.1, -0.05) is 64.4 Å². The molecule has 140 valence electrons. The van der Waals surface area contributed by atoms with Gasteiger partial charge in [-0.2, -0.15) is 0 Å². The molecule has 0 radical (unpaired) electrons. The summed E-state index contributed by atoms with van der Waals surface area (Å²) < 4.78 is 0. The van der Waals surface area contributed by atoms with E-state index in [-0.39, 0.29) is 5.91 Å². The van der Waals surface area contributed by atoms with E-state index < -0.39 is 0 Å². The first kappa shape index (κ1) is 21.6. The summed E-state index contributed by atoms with van der Waals surface area (Å²) in [5.74, 6) is 0.00396. The fraction of sp³-hybridized carbons (Fsp3) is 0.619. The Hall–Kier alpha value is -1.42. The zero-order valence-electron chi connectivity index (χ0n) is 16.1. The molecule has 0 heterocycles. The van der Waals surface area contributed by atoms with Crippen LogP contribution in [0.5, 0.6) is 0 Å². The number of hydrogen-bond acceptors (Lipinski definition) is 2. The van der Waals surface area contributed by atoms with E-state index in [4.69, 9.17) is 12.2 Å². The summed E-state index contributed by atoms with van der Waals surface area (Å²) in [6.45, 7) is 6.38. The number of benzene rings is 1. The second-order valence-corrected chi connectivity index (χ2v) is 7.29. The number of nitrogens with one attached hydrogen (secondary N) is 2. The predicted molar refractivity (Wildman–Crippen MR) is 112 cm³/mol. The van der Waals surface area contributed by atoms with Gasteiger partial charge in [0.15, 0.2) is 5.11 Å². The minimum absolute atomic E-state index is 0.00396. The fourth-order valence-corrected chi connectivity index (χ4v) is 3.00. The van der Waals surface area contributed by atoms with Crippen LogP contribution in [0.25, 0.3) is 0 Å². The largest absolute Gasteiger partial charge is 0.332 e. The van der Waals surface area contributed by atoms with Gasteiger partial charge < -0.3 is 10.6 Å². The van der Waals surface area contributed by atoms with Gasteiger partial charge >= 0.3 is 0 Å². The Bertz CT molecular complexity index is 543. The van der Waals surface area contributed by atoms with Gasteiger partial charge in [0.25, 0.3) is 0 Å². The van der Waals surface area contributed by atoms with Crippen molar-refractivity contribution < 1.29 is 4.79 Å². The first-order valence-corrected chi connectivity index (χ1v) is 10.1. The molecular weight excluding hydrogens is 328 g/mol. The number of amides is 1. The molecule has 1 amide bonds. The molecule has 0 aliphatic carbocycles. The van der Waals surface area contributed by atoms with Gasteiger partial charge in [0, 0.05) is 12.1 Å². The van der Waals surface area contributed by atoms with E-state index in [0.717, 1.165) is 18.5 Å². The Balaban J connectivity index is 2.09. The Kier molecular flexibility index (Phi) is 11.1. The summed E-state index contributed by atoms with van der Waals surface area (Å²) >= 11 is 5.22. The monoisotopic (exact) mass is 362 g/mol. The molecule has 1 aromatic rings. The molecule has 0 saturated carbocycles. The van der Waals surface area contributed by atoms with Crippen molar-refractivity contribution in [2.75, 3.05) is 5.32 Å². The second-order valence-electron chi connectivity index (χ2n) is 6.88. The zero-order chi connectivity index (χ0) is 18.5. The van der Waals surface area contributed by atoms with Crippen molar-refractivity contribution in [3.8, 4) is 0 Å². The lowest BCUT2D eigenvalue weighted by atomic mass is 10.1. The van der Waals surface area contributed by atoms with E-state index in [1.165, 1.54) is 56.1 Å². The highest BCUT2D eigenvalue weighted by atomic mass is 32.1. The summed E-state index contributed by atoms with van der Waals surface area (Å²) in [6.07, 6.45) is 11.8. The highest BCUT2D eigenvalue weighted by Crippen LogP contribution is 2.14. The maximum Gasteiger partial charge on any atom is 0.226 e. The summed E-state index contributed by atoms with van der Waals surface area (Å²) in [5.41, 5.74) is 3.36. The molecule has 0 aliphatic heterocycles. The molecule has 4 heteroatoms. The number of carbonyl (C=O) groups is 1. The van der Waals surface area contributed by atoms with E-state index in [1.54, 1.807) is 0 Å². The van der Waals surface area contributed by atoms with Crippen LogP contribution in [0.2, 0.25) is 0 Å². The highest BCUT2D eigenvalue weighted by Gasteiger charge is 2.05. The average Bonchev–Trinajstić information content (AvgIpc) is 2.56. The smallest absolute Gasteiger partial charge is 0.226 e. The Morgan fingerprint density at radius 3 is 2.12 bits per heavy atom. The van der Waals surface area contributed by atoms with Crippen molar-refractivity contribution in [1.82, 2.24) is 5.32 Å². The number of rotatable bonds is 11. The molecule has 2 N–H and O–H groups in total. The lowest BCUT2D eigenvalue weighted by molar-refractivity contribution is -0.119. The molecule has 0 unspecified atom stereocenters. The molecule has 1 rings (SSSR count). The van der Waals surface area contributed by atoms with E-state index in [9.17, 15) is 4.79 Å². The van der Waals surface area contributed by atoms with Crippen LogP contribution in [-0.2, 0) is 4.79 Å². The van der Waals surface area contributed by atoms with Crippen LogP contribution in [0.15, 0.2) is 18.2 Å². The lowest BCUT2D eigenvalue weighted by Crippen LogP contribution is -2.33. The summed E-state index contributed by atoms with van der Waals surface area (Å²) in [6, 6.07) is 6.06. The van der Waals surface area contributed by atoms with Gasteiger partial charge in [0.2, 0.25) is 5.91 Å². The average molecular weight is 363 g/mol.